The van der Waals surface area contributed by atoms with E-state index in [0.29, 0.717) is 25.2 Å². The van der Waals surface area contributed by atoms with Crippen molar-refractivity contribution in [1.29, 1.82) is 0 Å². The van der Waals surface area contributed by atoms with Gasteiger partial charge in [0.05, 0.1) is 0 Å². The Kier molecular flexibility index (Phi) is 14.7. The van der Waals surface area contributed by atoms with E-state index in [1.165, 1.54) is 25.7 Å². The Morgan fingerprint density at radius 3 is 2.25 bits per heavy atom. The molecular formula is C24H37NO3. The number of unbranched alkanes of at least 4 members (excludes halogenated alkanes) is 8. The number of hydrogen-bond donors (Lipinski definition) is 0. The molecule has 0 saturated heterocycles. The molecule has 0 aromatic carbocycles. The van der Waals surface area contributed by atoms with Gasteiger partial charge in [-0.2, -0.15) is 0 Å². The lowest BCUT2D eigenvalue weighted by Gasteiger charge is -2.04. The number of allylic oxidation sites excluding steroid dienone is 2. The number of carbonyl (C=O) groups excluding carboxylic acids is 2. The van der Waals surface area contributed by atoms with Gasteiger partial charge >= 0.3 is 5.97 Å². The molecule has 156 valence electrons. The van der Waals surface area contributed by atoms with Crippen LogP contribution in [0.4, 0.5) is 0 Å². The van der Waals surface area contributed by atoms with Gasteiger partial charge in [-0.15, -0.1) is 0 Å². The van der Waals surface area contributed by atoms with Gasteiger partial charge in [0.2, 0.25) is 0 Å². The van der Waals surface area contributed by atoms with Crippen molar-refractivity contribution >= 4 is 11.8 Å². The van der Waals surface area contributed by atoms with Gasteiger partial charge in [0.15, 0.2) is 0 Å². The Labute approximate surface area is 170 Å². The van der Waals surface area contributed by atoms with E-state index in [0.717, 1.165) is 50.5 Å². The predicted molar refractivity (Wildman–Crippen MR) is 114 cm³/mol. The Balaban J connectivity index is 1.83. The summed E-state index contributed by atoms with van der Waals surface area (Å²) in [5.41, 5.74) is 0.926. The van der Waals surface area contributed by atoms with Crippen molar-refractivity contribution < 1.29 is 14.3 Å². The van der Waals surface area contributed by atoms with Gasteiger partial charge < -0.3 is 4.74 Å². The summed E-state index contributed by atoms with van der Waals surface area (Å²) in [7, 11) is 0. The normalized spacial score (nSPS) is 11.0. The average Bonchev–Trinajstić information content (AvgIpc) is 2.73. The molecule has 4 heteroatoms. The van der Waals surface area contributed by atoms with Crippen LogP contribution in [0.5, 0.6) is 0 Å². The zero-order valence-corrected chi connectivity index (χ0v) is 17.5. The molecule has 1 heterocycles. The number of hydrogen-bond acceptors (Lipinski definition) is 4. The number of ketones is 1. The van der Waals surface area contributed by atoms with Crippen LogP contribution in [0, 0.1) is 0 Å². The molecular weight excluding hydrogens is 350 g/mol. The van der Waals surface area contributed by atoms with Gasteiger partial charge in [-0.3, -0.25) is 14.6 Å². The van der Waals surface area contributed by atoms with Crippen molar-refractivity contribution in [2.24, 2.45) is 0 Å². The summed E-state index contributed by atoms with van der Waals surface area (Å²) in [6.45, 7) is 2.25. The van der Waals surface area contributed by atoms with E-state index in [1.807, 2.05) is 19.1 Å². The molecule has 0 spiro atoms. The zero-order chi connectivity index (χ0) is 20.3. The second-order valence-corrected chi connectivity index (χ2v) is 7.29. The van der Waals surface area contributed by atoms with Crippen LogP contribution in [0.25, 0.3) is 0 Å². The van der Waals surface area contributed by atoms with Gasteiger partial charge in [-0.25, -0.2) is 0 Å². The van der Waals surface area contributed by atoms with Gasteiger partial charge in [-0.1, -0.05) is 50.8 Å². The predicted octanol–water partition coefficient (Wildman–Crippen LogP) is 6.34. The van der Waals surface area contributed by atoms with Crippen LogP contribution in [0.15, 0.2) is 36.7 Å². The Hall–Kier alpha value is -1.97. The summed E-state index contributed by atoms with van der Waals surface area (Å²) in [5, 5.41) is 0. The van der Waals surface area contributed by atoms with Crippen LogP contribution >= 0.6 is 0 Å². The van der Waals surface area contributed by atoms with Crippen molar-refractivity contribution in [2.75, 3.05) is 0 Å². The van der Waals surface area contributed by atoms with Crippen molar-refractivity contribution in [2.45, 2.75) is 97.0 Å². The lowest BCUT2D eigenvalue weighted by molar-refractivity contribution is -0.145. The van der Waals surface area contributed by atoms with Gasteiger partial charge in [-0.05, 0) is 44.6 Å². The number of aromatic nitrogens is 1. The Bertz CT molecular complexity index is 554. The molecule has 0 aliphatic carbocycles. The number of Topliss-reactive ketones (excluding diaryl/α,β-unsaturated/α-hetero) is 1. The smallest absolute Gasteiger partial charge is 0.306 e. The van der Waals surface area contributed by atoms with Crippen LogP contribution in [0.3, 0.4) is 0 Å². The number of ether oxygens (including phenoxy) is 1. The molecule has 1 aromatic heterocycles. The van der Waals surface area contributed by atoms with Gasteiger partial charge in [0.25, 0.3) is 0 Å². The van der Waals surface area contributed by atoms with Crippen molar-refractivity contribution in [3.8, 4) is 0 Å². The third-order valence-corrected chi connectivity index (χ3v) is 4.76. The van der Waals surface area contributed by atoms with Crippen LogP contribution < -0.4 is 0 Å². The first-order valence-electron chi connectivity index (χ1n) is 10.9. The molecule has 0 N–H and O–H groups in total. The van der Waals surface area contributed by atoms with E-state index in [1.54, 1.807) is 12.4 Å². The van der Waals surface area contributed by atoms with Crippen molar-refractivity contribution in [1.82, 2.24) is 4.98 Å². The van der Waals surface area contributed by atoms with Crippen molar-refractivity contribution in [3.63, 3.8) is 0 Å². The van der Waals surface area contributed by atoms with E-state index in [4.69, 9.17) is 4.74 Å². The first-order chi connectivity index (χ1) is 13.7. The van der Waals surface area contributed by atoms with Gasteiger partial charge in [0, 0.05) is 37.2 Å². The molecule has 0 radical (unpaired) electrons. The van der Waals surface area contributed by atoms with E-state index in [9.17, 15) is 9.59 Å². The number of pyridine rings is 1. The highest BCUT2D eigenvalue weighted by molar-refractivity contribution is 5.77. The molecule has 0 bridgehead atoms. The largest absolute Gasteiger partial charge is 0.461 e. The molecule has 0 aliphatic rings. The maximum atomic E-state index is 11.7. The fourth-order valence-electron chi connectivity index (χ4n) is 2.95. The highest BCUT2D eigenvalue weighted by Gasteiger charge is 2.03. The number of carbonyl (C=O) groups is 2. The fourth-order valence-corrected chi connectivity index (χ4v) is 2.95. The Morgan fingerprint density at radius 1 is 0.929 bits per heavy atom. The van der Waals surface area contributed by atoms with Crippen LogP contribution in [-0.2, 0) is 20.9 Å². The summed E-state index contributed by atoms with van der Waals surface area (Å²) in [5.74, 6) is 0.267. The second kappa shape index (κ2) is 17.2. The minimum Gasteiger partial charge on any atom is -0.461 e. The lowest BCUT2D eigenvalue weighted by Crippen LogP contribution is -2.04. The van der Waals surface area contributed by atoms with Crippen molar-refractivity contribution in [3.05, 3.63) is 42.2 Å². The van der Waals surface area contributed by atoms with Crippen LogP contribution in [0.2, 0.25) is 0 Å². The zero-order valence-electron chi connectivity index (χ0n) is 17.5. The number of nitrogens with zero attached hydrogens (tertiary/aromatic N) is 1. The lowest BCUT2D eigenvalue weighted by atomic mass is 10.1. The molecule has 1 aromatic rings. The molecule has 4 nitrogen and oxygen atoms in total. The topological polar surface area (TPSA) is 56.3 Å². The summed E-state index contributed by atoms with van der Waals surface area (Å²) in [6.07, 6.45) is 21.2. The number of esters is 1. The molecule has 0 fully saturated rings. The number of rotatable bonds is 17. The summed E-state index contributed by atoms with van der Waals surface area (Å²) in [6, 6.07) is 3.75. The second-order valence-electron chi connectivity index (χ2n) is 7.29. The summed E-state index contributed by atoms with van der Waals surface area (Å²) < 4.78 is 5.25. The van der Waals surface area contributed by atoms with Crippen LogP contribution in [0.1, 0.15) is 96.0 Å². The van der Waals surface area contributed by atoms with Gasteiger partial charge in [0.1, 0.15) is 12.4 Å². The highest BCUT2D eigenvalue weighted by Crippen LogP contribution is 2.10. The third-order valence-electron chi connectivity index (χ3n) is 4.76. The van der Waals surface area contributed by atoms with E-state index >= 15 is 0 Å². The van der Waals surface area contributed by atoms with E-state index in [-0.39, 0.29) is 5.97 Å². The molecule has 0 saturated carbocycles. The first-order valence-corrected chi connectivity index (χ1v) is 10.9. The summed E-state index contributed by atoms with van der Waals surface area (Å²) in [4.78, 5) is 26.9. The molecule has 0 amide bonds. The van der Waals surface area contributed by atoms with Crippen LogP contribution in [-0.4, -0.2) is 16.7 Å². The minimum absolute atomic E-state index is 0.120. The monoisotopic (exact) mass is 387 g/mol. The SMILES string of the molecule is CCC(=O)CCCCC/C=C\CCCCCCCC(=O)OCc1cccnc1. The van der Waals surface area contributed by atoms with E-state index < -0.39 is 0 Å². The maximum Gasteiger partial charge on any atom is 0.306 e. The standard InChI is InChI=1S/C24H37NO3/c1-2-23(26)17-13-11-9-7-5-3-4-6-8-10-12-14-18-24(27)28-21-22-16-15-19-25-20-22/h3,5,15-16,19-20H,2,4,6-14,17-18,21H2,1H3/b5-3-. The van der Waals surface area contributed by atoms with E-state index in [2.05, 4.69) is 17.1 Å². The summed E-state index contributed by atoms with van der Waals surface area (Å²) >= 11 is 0. The quantitative estimate of drug-likeness (QED) is 0.178. The maximum absolute atomic E-state index is 11.7. The molecule has 0 unspecified atom stereocenters. The molecule has 0 atom stereocenters. The first kappa shape index (κ1) is 24.1. The Morgan fingerprint density at radius 2 is 1.57 bits per heavy atom. The molecule has 0 aliphatic heterocycles. The average molecular weight is 388 g/mol. The fraction of sp³-hybridized carbons (Fsp3) is 0.625. The molecule has 1 rings (SSSR count). The third kappa shape index (κ3) is 14.1. The minimum atomic E-state index is -0.120. The molecule has 28 heavy (non-hydrogen) atoms. The highest BCUT2D eigenvalue weighted by atomic mass is 16.5.